The van der Waals surface area contributed by atoms with Crippen LogP contribution in [-0.4, -0.2) is 20.9 Å². The number of hydrogen-bond acceptors (Lipinski definition) is 4. The number of imidazole rings is 1. The lowest BCUT2D eigenvalue weighted by molar-refractivity contribution is 0.111. The van der Waals surface area contributed by atoms with Gasteiger partial charge in [-0.25, -0.2) is 4.98 Å². The first kappa shape index (κ1) is 14.8. The molecule has 2 heterocycles. The molecule has 2 aromatic heterocycles. The van der Waals surface area contributed by atoms with E-state index in [9.17, 15) is 4.79 Å². The van der Waals surface area contributed by atoms with Gasteiger partial charge >= 0.3 is 0 Å². The van der Waals surface area contributed by atoms with Crippen LogP contribution in [0.15, 0.2) is 54.6 Å². The summed E-state index contributed by atoms with van der Waals surface area (Å²) in [6.45, 7) is 2.04. The Kier molecular flexibility index (Phi) is 3.70. The fourth-order valence-corrected chi connectivity index (χ4v) is 3.61. The molecule has 118 valence electrons. The van der Waals surface area contributed by atoms with E-state index in [4.69, 9.17) is 0 Å². The summed E-state index contributed by atoms with van der Waals surface area (Å²) >= 11 is 1.52. The molecule has 0 spiro atoms. The molecule has 0 unspecified atom stereocenters. The molecule has 0 fully saturated rings. The predicted octanol–water partition coefficient (Wildman–Crippen LogP) is 4.17. The van der Waals surface area contributed by atoms with E-state index in [1.807, 2.05) is 49.4 Å². The second-order valence-corrected chi connectivity index (χ2v) is 6.72. The number of rotatable bonds is 4. The van der Waals surface area contributed by atoms with Crippen molar-refractivity contribution < 1.29 is 4.79 Å². The van der Waals surface area contributed by atoms with Gasteiger partial charge in [0.05, 0.1) is 0 Å². The number of carbonyl (C=O) groups excluding carboxylic acids is 1. The maximum absolute atomic E-state index is 11.6. The van der Waals surface area contributed by atoms with E-state index in [1.54, 1.807) is 4.52 Å². The lowest BCUT2D eigenvalue weighted by atomic mass is 10.1. The molecule has 0 bridgehead atoms. The van der Waals surface area contributed by atoms with Crippen molar-refractivity contribution in [2.45, 2.75) is 13.3 Å². The summed E-state index contributed by atoms with van der Waals surface area (Å²) in [5.74, 6) is 0. The molecule has 0 saturated carbocycles. The average Bonchev–Trinajstić information content (AvgIpc) is 3.13. The third kappa shape index (κ3) is 2.63. The van der Waals surface area contributed by atoms with Gasteiger partial charge in [-0.3, -0.25) is 4.79 Å². The second-order valence-electron chi connectivity index (χ2n) is 5.68. The number of fused-ring (bicyclic) bond motifs is 1. The van der Waals surface area contributed by atoms with Gasteiger partial charge < -0.3 is 0 Å². The normalized spacial score (nSPS) is 11.0. The zero-order valence-electron chi connectivity index (χ0n) is 13.1. The van der Waals surface area contributed by atoms with Crippen molar-refractivity contribution in [3.63, 3.8) is 0 Å². The zero-order valence-corrected chi connectivity index (χ0v) is 14.0. The standard InChI is InChI=1S/C19H15N3OS/c1-13-7-9-15(10-8-13)18-16(12-23)22-19(20-18)24-17(21-22)11-14-5-3-2-4-6-14/h2-10,12H,11H2,1H3. The molecular formula is C19H15N3OS. The van der Waals surface area contributed by atoms with Gasteiger partial charge in [-0.05, 0) is 12.5 Å². The summed E-state index contributed by atoms with van der Waals surface area (Å²) in [5, 5.41) is 5.53. The zero-order chi connectivity index (χ0) is 16.5. The summed E-state index contributed by atoms with van der Waals surface area (Å²) in [5.41, 5.74) is 4.50. The van der Waals surface area contributed by atoms with E-state index in [-0.39, 0.29) is 0 Å². The summed E-state index contributed by atoms with van der Waals surface area (Å²) in [7, 11) is 0. The van der Waals surface area contributed by atoms with Crippen LogP contribution in [0.1, 0.15) is 26.6 Å². The van der Waals surface area contributed by atoms with Crippen LogP contribution in [0.25, 0.3) is 16.2 Å². The second kappa shape index (κ2) is 6.02. The largest absolute Gasteiger partial charge is 0.296 e. The van der Waals surface area contributed by atoms with Crippen molar-refractivity contribution >= 4 is 22.6 Å². The minimum atomic E-state index is 0.504. The highest BCUT2D eigenvalue weighted by molar-refractivity contribution is 7.16. The first-order valence-corrected chi connectivity index (χ1v) is 8.51. The molecule has 4 nitrogen and oxygen atoms in total. The van der Waals surface area contributed by atoms with Crippen LogP contribution in [0.4, 0.5) is 0 Å². The number of aryl methyl sites for hydroxylation is 1. The third-order valence-corrected chi connectivity index (χ3v) is 4.82. The van der Waals surface area contributed by atoms with Crippen molar-refractivity contribution in [3.05, 3.63) is 76.4 Å². The van der Waals surface area contributed by atoms with Gasteiger partial charge in [0.2, 0.25) is 4.96 Å². The highest BCUT2D eigenvalue weighted by Gasteiger charge is 2.17. The molecule has 0 N–H and O–H groups in total. The summed E-state index contributed by atoms with van der Waals surface area (Å²) in [6.07, 6.45) is 1.58. The van der Waals surface area contributed by atoms with Crippen molar-refractivity contribution in [2.75, 3.05) is 0 Å². The van der Waals surface area contributed by atoms with E-state index in [0.717, 1.165) is 28.2 Å². The number of carbonyl (C=O) groups is 1. The van der Waals surface area contributed by atoms with Crippen LogP contribution in [0.5, 0.6) is 0 Å². The van der Waals surface area contributed by atoms with Crippen LogP contribution in [0.3, 0.4) is 0 Å². The number of hydrogen-bond donors (Lipinski definition) is 0. The van der Waals surface area contributed by atoms with E-state index in [1.165, 1.54) is 22.5 Å². The summed E-state index contributed by atoms with van der Waals surface area (Å²) in [4.78, 5) is 17.0. The quantitative estimate of drug-likeness (QED) is 0.527. The van der Waals surface area contributed by atoms with Crippen LogP contribution >= 0.6 is 11.3 Å². The maximum Gasteiger partial charge on any atom is 0.213 e. The SMILES string of the molecule is Cc1ccc(-c2nc3sc(Cc4ccccc4)nn3c2C=O)cc1. The van der Waals surface area contributed by atoms with E-state index in [0.29, 0.717) is 11.4 Å². The molecule has 4 aromatic rings. The fraction of sp³-hybridized carbons (Fsp3) is 0.105. The lowest BCUT2D eigenvalue weighted by Gasteiger charge is -1.99. The lowest BCUT2D eigenvalue weighted by Crippen LogP contribution is -1.96. The van der Waals surface area contributed by atoms with Crippen LogP contribution < -0.4 is 0 Å². The Balaban J connectivity index is 1.75. The highest BCUT2D eigenvalue weighted by Crippen LogP contribution is 2.27. The molecule has 0 saturated heterocycles. The molecule has 0 aliphatic heterocycles. The van der Waals surface area contributed by atoms with E-state index >= 15 is 0 Å². The highest BCUT2D eigenvalue weighted by atomic mass is 32.1. The molecule has 0 aliphatic carbocycles. The average molecular weight is 333 g/mol. The molecule has 2 aromatic carbocycles. The number of aldehydes is 1. The topological polar surface area (TPSA) is 47.3 Å². The minimum absolute atomic E-state index is 0.504. The maximum atomic E-state index is 11.6. The monoisotopic (exact) mass is 333 g/mol. The van der Waals surface area contributed by atoms with Crippen LogP contribution in [0.2, 0.25) is 0 Å². The Morgan fingerprint density at radius 1 is 1.08 bits per heavy atom. The van der Waals surface area contributed by atoms with Gasteiger partial charge in [-0.2, -0.15) is 9.61 Å². The molecule has 0 radical (unpaired) electrons. The van der Waals surface area contributed by atoms with Crippen molar-refractivity contribution in [2.24, 2.45) is 0 Å². The van der Waals surface area contributed by atoms with Gasteiger partial charge in [0.1, 0.15) is 16.4 Å². The first-order chi connectivity index (χ1) is 11.7. The smallest absolute Gasteiger partial charge is 0.213 e. The predicted molar refractivity (Wildman–Crippen MR) is 95.7 cm³/mol. The van der Waals surface area contributed by atoms with Crippen molar-refractivity contribution in [3.8, 4) is 11.3 Å². The van der Waals surface area contributed by atoms with Crippen LogP contribution in [0, 0.1) is 6.92 Å². The van der Waals surface area contributed by atoms with Crippen LogP contribution in [-0.2, 0) is 6.42 Å². The molecule has 4 rings (SSSR count). The molecule has 0 aliphatic rings. The fourth-order valence-electron chi connectivity index (χ4n) is 2.68. The molecule has 5 heteroatoms. The molecule has 0 amide bonds. The van der Waals surface area contributed by atoms with Gasteiger partial charge in [0.25, 0.3) is 0 Å². The number of benzene rings is 2. The van der Waals surface area contributed by atoms with Gasteiger partial charge in [-0.1, -0.05) is 71.5 Å². The minimum Gasteiger partial charge on any atom is -0.296 e. The first-order valence-electron chi connectivity index (χ1n) is 7.69. The Labute approximate surface area is 143 Å². The Morgan fingerprint density at radius 2 is 1.83 bits per heavy atom. The van der Waals surface area contributed by atoms with Gasteiger partial charge in [0, 0.05) is 12.0 Å². The van der Waals surface area contributed by atoms with Gasteiger partial charge in [0.15, 0.2) is 6.29 Å². The Morgan fingerprint density at radius 3 is 2.54 bits per heavy atom. The molecule has 24 heavy (non-hydrogen) atoms. The third-order valence-electron chi connectivity index (χ3n) is 3.91. The molecular weight excluding hydrogens is 318 g/mol. The van der Waals surface area contributed by atoms with Crippen molar-refractivity contribution in [1.82, 2.24) is 14.6 Å². The Hall–Kier alpha value is -2.79. The van der Waals surface area contributed by atoms with E-state index in [2.05, 4.69) is 22.2 Å². The Bertz CT molecular complexity index is 1000. The summed E-state index contributed by atoms with van der Waals surface area (Å²) in [6, 6.07) is 18.2. The van der Waals surface area contributed by atoms with E-state index < -0.39 is 0 Å². The van der Waals surface area contributed by atoms with Gasteiger partial charge in [-0.15, -0.1) is 0 Å². The molecule has 0 atom stereocenters. The summed E-state index contributed by atoms with van der Waals surface area (Å²) < 4.78 is 1.66. The number of nitrogens with zero attached hydrogens (tertiary/aromatic N) is 3. The number of aromatic nitrogens is 3. The van der Waals surface area contributed by atoms with Crippen molar-refractivity contribution in [1.29, 1.82) is 0 Å².